The number of phenolic OH excluding ortho intramolecular Hbond substituents is 3. The molecule has 147 heavy (non-hydrogen) atoms. The van der Waals surface area contributed by atoms with Crippen LogP contribution >= 0.6 is 0 Å². The molecule has 7 aliphatic rings. The molecule has 51 nitrogen and oxygen atoms in total. The van der Waals surface area contributed by atoms with E-state index >= 15 is 0 Å². The second kappa shape index (κ2) is 49.9. The number of nitrogens with zero attached hydrogens (tertiary/aromatic N) is 4. The minimum Gasteiger partial charge on any atom is -0.744 e. The third-order valence-corrected chi connectivity index (χ3v) is 21.9. The van der Waals surface area contributed by atoms with Crippen molar-refractivity contribution < 1.29 is 196 Å². The first-order valence-electron chi connectivity index (χ1n) is 41.5. The number of carboxylic acid groups (broad SMARTS) is 1. The smallest absolute Gasteiger partial charge is 0.744 e. The van der Waals surface area contributed by atoms with Crippen molar-refractivity contribution >= 4 is 222 Å². The summed E-state index contributed by atoms with van der Waals surface area (Å²) in [6.45, 7) is 7.05. The Hall–Kier alpha value is -19.0. The number of aliphatic carboxylic acids is 1. The Labute approximate surface area is 850 Å². The van der Waals surface area contributed by atoms with Crippen LogP contribution in [0.1, 0.15) is 59.7 Å². The van der Waals surface area contributed by atoms with Gasteiger partial charge in [0, 0.05) is 75.7 Å². The van der Waals surface area contributed by atoms with Gasteiger partial charge in [-0.25, -0.2) is 46.8 Å². The molecule has 7 heterocycles. The SMILES string of the molecule is CC(=C1C(=O)NC(=O)NC1=O)c1ccccc1S(=O)(=O)O.CCN(CC)c1ccc(C=C2C(=O)NC(=O)NC2=O)cc1.CN(C)c1ccc(C=C2C(=O)NC(=O)NC2=O)cc1.CN1C(=O)C(=Cc2ccccc2S(=O)(=O)[O-])C(=O)N(C)C1=O.O=C(O)COc1ccccc1C=C1C(=O)NC(=O)NC1=O.O=C1NC(=O)C(=Cc2c(O)cc(O)cc2O)C(=O)N1.O=COc1cccc2cccc(C=C3C(=O)NC(=O)NC3=O)c12.[Na+]. The number of likely N-dealkylation sites (N-methyl/N-ethyl adjacent to an activating group) is 2. The maximum atomic E-state index is 12.0. The van der Waals surface area contributed by atoms with Crippen LogP contribution in [-0.2, 0) is 96.9 Å². The van der Waals surface area contributed by atoms with Crippen molar-refractivity contribution in [2.45, 2.75) is 30.6 Å². The first-order chi connectivity index (χ1) is 68.8. The molecular weight excluding hydrogens is 1990 g/mol. The molecule has 754 valence electrons. The van der Waals surface area contributed by atoms with E-state index in [1.54, 1.807) is 66.7 Å². The van der Waals surface area contributed by atoms with Crippen molar-refractivity contribution in [1.29, 1.82) is 0 Å². The zero-order chi connectivity index (χ0) is 108. The number of urea groups is 7. The minimum absolute atomic E-state index is 0. The second-order valence-electron chi connectivity index (χ2n) is 30.0. The van der Waals surface area contributed by atoms with E-state index in [4.69, 9.17) is 19.7 Å². The molecule has 0 spiro atoms. The van der Waals surface area contributed by atoms with Crippen molar-refractivity contribution in [3.63, 3.8) is 0 Å². The number of barbiturate groups is 7. The number of hydrogen-bond acceptors (Lipinski definition) is 35. The monoisotopic (exact) mass is 2070 g/mol. The van der Waals surface area contributed by atoms with Gasteiger partial charge >= 0.3 is 77.7 Å². The first-order valence-corrected chi connectivity index (χ1v) is 44.3. The Bertz CT molecular complexity index is 7200. The van der Waals surface area contributed by atoms with Crippen molar-refractivity contribution in [1.82, 2.24) is 73.6 Å². The van der Waals surface area contributed by atoms with Crippen LogP contribution in [0.3, 0.4) is 0 Å². The summed E-state index contributed by atoms with van der Waals surface area (Å²) in [6, 6.07) is 37.8. The minimum atomic E-state index is -4.77. The number of para-hydroxylation sites is 1. The molecule has 54 heteroatoms. The fraction of sp³-hybridized carbons (Fsp3) is 0.108. The summed E-state index contributed by atoms with van der Waals surface area (Å²) in [7, 11) is -3.08. The third kappa shape index (κ3) is 29.8. The number of amides is 28. The van der Waals surface area contributed by atoms with Crippen LogP contribution in [0.2, 0.25) is 0 Å². The molecule has 0 bridgehead atoms. The second-order valence-corrected chi connectivity index (χ2v) is 32.8. The third-order valence-electron chi connectivity index (χ3n) is 20.1. The van der Waals surface area contributed by atoms with Gasteiger partial charge in [-0.05, 0) is 145 Å². The maximum Gasteiger partial charge on any atom is 1.00 e. The molecule has 7 aliphatic heterocycles. The molecular formula is C93H79N16NaO35S2. The Morgan fingerprint density at radius 1 is 0.415 bits per heavy atom. The topological polar surface area (TPSA) is 761 Å². The van der Waals surface area contributed by atoms with Crippen LogP contribution in [0.4, 0.5) is 44.9 Å². The number of hydrogen-bond donors (Lipinski definition) is 17. The summed E-state index contributed by atoms with van der Waals surface area (Å²) in [6.07, 6.45) is 7.36. The molecule has 17 N–H and O–H groups in total. The predicted molar refractivity (Wildman–Crippen MR) is 505 cm³/mol. The van der Waals surface area contributed by atoms with Gasteiger partial charge in [0.15, 0.2) is 6.61 Å². The molecule has 7 saturated heterocycles. The maximum absolute atomic E-state index is 12.0. The first kappa shape index (κ1) is 113. The van der Waals surface area contributed by atoms with E-state index in [1.165, 1.54) is 87.8 Å². The molecule has 0 unspecified atom stereocenters. The molecule has 0 aliphatic carbocycles. The molecule has 7 fully saturated rings. The zero-order valence-corrected chi connectivity index (χ0v) is 81.1. The average molecular weight is 2070 g/mol. The van der Waals surface area contributed by atoms with E-state index in [2.05, 4.69) is 18.7 Å². The molecule has 8 aromatic rings. The van der Waals surface area contributed by atoms with Gasteiger partial charge < -0.3 is 44.3 Å². The Kier molecular flexibility index (Phi) is 38.5. The van der Waals surface area contributed by atoms with E-state index in [-0.39, 0.29) is 85.6 Å². The Balaban J connectivity index is 0.000000209. The standard InChI is InChI=1S/C16H10N2O5.C15H17N3O3.C13H13N3O3.C13H12N2O6S.C13H10N2O6.C12H10N2O6S.C11H8N2O6.Na/c19-8-23-12-6-2-4-9-3-1-5-10(13(9)12)7-11-14(20)17-16(22)18-15(11)21;1-3-18(4-2)11-7-5-10(6-8-11)9-12-13(19)16-15(21)17-14(12)20;1-16(2)9-5-3-8(4-6-9)7-10-11(17)14-13(19)15-12(10)18;1-14-11(16)9(12(17)15(2)13(14)18)7-8-5-3-4-6-10(8)22(19,20)21;16-10(17)6-21-9-4-2-1-3-7(9)5-8-11(18)14-13(20)15-12(8)19;1-6(9-10(15)13-12(17)14-11(9)16)7-4-2-3-5-8(7)21(18,19)20;14-4-1-7(15)5(8(16)2-4)3-6-9(17)12-11(19)13-10(6)18;/h1-8H,(H2,17,18,20,21,22);5-9H,3-4H2,1-2H3,(H2,16,17,19,20,21);3-7H,1-2H3,(H2,14,15,17,18,19);3-7H,1-2H3,(H,19,20,21);1-5H,6H2,(H,16,17)(H2,14,15,18,19,20);2-5H,1H3,(H,18,19,20)(H2,13,14,15,16,17);1-3,14-16H,(H2,12,13,17,18,19);/q;;;;;;;+1/p-1. The van der Waals surface area contributed by atoms with Gasteiger partial charge in [-0.2, -0.15) is 8.42 Å². The number of nitrogens with one attached hydrogen (secondary N) is 12. The molecule has 0 atom stereocenters. The number of carbonyl (C=O) groups is 23. The molecule has 28 amide bonds. The number of imide groups is 14. The van der Waals surface area contributed by atoms with Crippen LogP contribution < -0.4 is 113 Å². The normalized spacial score (nSPS) is 14.9. The molecule has 0 aromatic heterocycles. The Morgan fingerprint density at radius 3 is 1.15 bits per heavy atom. The van der Waals surface area contributed by atoms with Gasteiger partial charge in [-0.3, -0.25) is 150 Å². The number of phenols is 3. The Morgan fingerprint density at radius 2 is 0.755 bits per heavy atom. The molecule has 8 aromatic carbocycles. The van der Waals surface area contributed by atoms with Crippen LogP contribution in [0.5, 0.6) is 28.7 Å². The van der Waals surface area contributed by atoms with Gasteiger partial charge in [-0.15, -0.1) is 0 Å². The van der Waals surface area contributed by atoms with Crippen LogP contribution in [-0.4, -0.2) is 241 Å². The van der Waals surface area contributed by atoms with Gasteiger partial charge in [0.25, 0.3) is 99.3 Å². The van der Waals surface area contributed by atoms with E-state index in [1.807, 2.05) is 119 Å². The van der Waals surface area contributed by atoms with Crippen LogP contribution in [0.15, 0.2) is 219 Å². The zero-order valence-electron chi connectivity index (χ0n) is 77.4. The van der Waals surface area contributed by atoms with E-state index in [9.17, 15) is 146 Å². The van der Waals surface area contributed by atoms with Crippen molar-refractivity contribution in [3.05, 3.63) is 248 Å². The molecule has 15 rings (SSSR count). The van der Waals surface area contributed by atoms with Crippen LogP contribution in [0, 0.1) is 0 Å². The number of aromatic hydroxyl groups is 3. The number of benzene rings is 8. The van der Waals surface area contributed by atoms with E-state index in [0.29, 0.717) is 34.3 Å². The fourth-order valence-corrected chi connectivity index (χ4v) is 14.6. The van der Waals surface area contributed by atoms with Gasteiger partial charge in [-0.1, -0.05) is 109 Å². The number of carboxylic acids is 1. The number of fused-ring (bicyclic) bond motifs is 1. The molecule has 0 radical (unpaired) electrons. The largest absolute Gasteiger partial charge is 1.00 e. The quantitative estimate of drug-likeness (QED) is 0.0169. The summed E-state index contributed by atoms with van der Waals surface area (Å²) < 4.78 is 75.5. The number of rotatable bonds is 18. The van der Waals surface area contributed by atoms with Gasteiger partial charge in [0.05, 0.1) is 10.5 Å². The number of allylic oxidation sites excluding steroid dienone is 1. The number of anilines is 2. The van der Waals surface area contributed by atoms with Gasteiger partial charge in [0.1, 0.15) is 82.8 Å². The summed E-state index contributed by atoms with van der Waals surface area (Å²) in [4.78, 5) is 267. The predicted octanol–water partition coefficient (Wildman–Crippen LogP) is -0.538. The van der Waals surface area contributed by atoms with Crippen LogP contribution in [0.25, 0.3) is 52.8 Å². The summed E-state index contributed by atoms with van der Waals surface area (Å²) in [5, 5.41) is 61.6. The van der Waals surface area contributed by atoms with Crippen molar-refractivity contribution in [2.75, 3.05) is 57.7 Å². The summed E-state index contributed by atoms with van der Waals surface area (Å²) in [5.41, 5.74) is 2.15. The van der Waals surface area contributed by atoms with E-state index < -0.39 is 196 Å². The number of carbonyl (C=O) groups excluding carboxylic acids is 22. The van der Waals surface area contributed by atoms with Gasteiger partial charge in [0.2, 0.25) is 0 Å². The van der Waals surface area contributed by atoms with Crippen molar-refractivity contribution in [2.24, 2.45) is 0 Å². The number of ether oxygens (including phenoxy) is 2. The average Bonchev–Trinajstić information content (AvgIpc) is 0.792. The fourth-order valence-electron chi connectivity index (χ4n) is 13.2. The summed E-state index contributed by atoms with van der Waals surface area (Å²) >= 11 is 0. The summed E-state index contributed by atoms with van der Waals surface area (Å²) in [5.74, 6) is -13.6. The molecule has 0 saturated carbocycles. The van der Waals surface area contributed by atoms with E-state index in [0.717, 1.165) is 81.6 Å². The van der Waals surface area contributed by atoms with Crippen molar-refractivity contribution in [3.8, 4) is 28.7 Å².